The lowest BCUT2D eigenvalue weighted by Gasteiger charge is -2.15. The molecule has 0 aromatic heterocycles. The Morgan fingerprint density at radius 3 is 2.64 bits per heavy atom. The number of nitrogens with zero attached hydrogens (tertiary/aromatic N) is 2. The normalized spacial score (nSPS) is 28.7. The molecule has 0 saturated carbocycles. The first-order chi connectivity index (χ1) is 5.10. The van der Waals surface area contributed by atoms with Crippen molar-refractivity contribution in [2.24, 2.45) is 15.7 Å². The van der Waals surface area contributed by atoms with E-state index in [0.29, 0.717) is 6.42 Å². The van der Waals surface area contributed by atoms with Gasteiger partial charge < -0.3 is 5.73 Å². The summed E-state index contributed by atoms with van der Waals surface area (Å²) in [6, 6.07) is 0. The Balaban J connectivity index is 2.98. The standard InChI is InChI=1S/C7H11N3O/c1-3-7(6(8)11)9-4-5(2)10-7/h4H,3H2,1-2H3,(H2,8,11). The second-order valence-electron chi connectivity index (χ2n) is 2.55. The zero-order valence-corrected chi connectivity index (χ0v) is 6.66. The summed E-state index contributed by atoms with van der Waals surface area (Å²) in [7, 11) is 0. The first-order valence-corrected chi connectivity index (χ1v) is 3.52. The van der Waals surface area contributed by atoms with Crippen LogP contribution < -0.4 is 5.73 Å². The Labute approximate surface area is 65.2 Å². The van der Waals surface area contributed by atoms with Crippen LogP contribution in [0.2, 0.25) is 0 Å². The van der Waals surface area contributed by atoms with Gasteiger partial charge in [0.25, 0.3) is 5.91 Å². The maximum Gasteiger partial charge on any atom is 0.267 e. The molecule has 0 bridgehead atoms. The SMILES string of the molecule is CCC1(C(N)=O)N=CC(C)=N1. The summed E-state index contributed by atoms with van der Waals surface area (Å²) in [5, 5.41) is 0. The van der Waals surface area contributed by atoms with Crippen LogP contribution in [0.25, 0.3) is 0 Å². The van der Waals surface area contributed by atoms with E-state index in [1.54, 1.807) is 13.1 Å². The molecule has 0 aromatic carbocycles. The van der Waals surface area contributed by atoms with Crippen molar-refractivity contribution in [1.82, 2.24) is 0 Å². The number of hydrogen-bond donors (Lipinski definition) is 1. The predicted molar refractivity (Wildman–Crippen MR) is 43.8 cm³/mol. The molecule has 1 heterocycles. The second kappa shape index (κ2) is 2.45. The van der Waals surface area contributed by atoms with Crippen LogP contribution in [-0.4, -0.2) is 23.5 Å². The van der Waals surface area contributed by atoms with Gasteiger partial charge in [-0.2, -0.15) is 0 Å². The quantitative estimate of drug-likeness (QED) is 0.601. The molecule has 0 spiro atoms. The van der Waals surface area contributed by atoms with Crippen molar-refractivity contribution in [3.8, 4) is 0 Å². The zero-order chi connectivity index (χ0) is 8.48. The van der Waals surface area contributed by atoms with Crippen molar-refractivity contribution in [2.75, 3.05) is 0 Å². The Morgan fingerprint density at radius 2 is 2.45 bits per heavy atom. The van der Waals surface area contributed by atoms with Crippen LogP contribution in [0.4, 0.5) is 0 Å². The van der Waals surface area contributed by atoms with Crippen molar-refractivity contribution in [3.63, 3.8) is 0 Å². The van der Waals surface area contributed by atoms with Gasteiger partial charge in [0.2, 0.25) is 5.66 Å². The Morgan fingerprint density at radius 1 is 1.82 bits per heavy atom. The number of primary amides is 1. The molecule has 60 valence electrons. The van der Waals surface area contributed by atoms with Crippen LogP contribution in [-0.2, 0) is 4.79 Å². The van der Waals surface area contributed by atoms with E-state index in [-0.39, 0.29) is 0 Å². The van der Waals surface area contributed by atoms with E-state index in [0.717, 1.165) is 5.71 Å². The van der Waals surface area contributed by atoms with E-state index in [1.807, 2.05) is 6.92 Å². The van der Waals surface area contributed by atoms with E-state index >= 15 is 0 Å². The molecule has 0 saturated heterocycles. The number of carbonyl (C=O) groups is 1. The average molecular weight is 153 g/mol. The first kappa shape index (κ1) is 7.91. The van der Waals surface area contributed by atoms with E-state index in [1.165, 1.54) is 0 Å². The van der Waals surface area contributed by atoms with E-state index in [9.17, 15) is 4.79 Å². The first-order valence-electron chi connectivity index (χ1n) is 3.52. The minimum absolute atomic E-state index is 0.479. The lowest BCUT2D eigenvalue weighted by Crippen LogP contribution is -2.38. The van der Waals surface area contributed by atoms with Gasteiger partial charge in [0.1, 0.15) is 0 Å². The number of rotatable bonds is 2. The van der Waals surface area contributed by atoms with Gasteiger partial charge in [0, 0.05) is 6.21 Å². The van der Waals surface area contributed by atoms with Crippen LogP contribution >= 0.6 is 0 Å². The smallest absolute Gasteiger partial charge is 0.267 e. The molecule has 0 aliphatic carbocycles. The van der Waals surface area contributed by atoms with Crippen molar-refractivity contribution in [3.05, 3.63) is 0 Å². The van der Waals surface area contributed by atoms with Gasteiger partial charge >= 0.3 is 0 Å². The predicted octanol–water partition coefficient (Wildman–Crippen LogP) is 0.123. The van der Waals surface area contributed by atoms with Gasteiger partial charge in [-0.05, 0) is 13.3 Å². The number of aliphatic imine (C=N–C) groups is 2. The van der Waals surface area contributed by atoms with Crippen molar-refractivity contribution in [2.45, 2.75) is 25.9 Å². The highest BCUT2D eigenvalue weighted by Crippen LogP contribution is 2.20. The number of amides is 1. The van der Waals surface area contributed by atoms with Gasteiger partial charge in [-0.15, -0.1) is 0 Å². The minimum Gasteiger partial charge on any atom is -0.366 e. The Hall–Kier alpha value is -1.19. The highest BCUT2D eigenvalue weighted by Gasteiger charge is 2.35. The molecule has 1 aliphatic heterocycles. The largest absolute Gasteiger partial charge is 0.366 e. The zero-order valence-electron chi connectivity index (χ0n) is 6.66. The molecule has 0 radical (unpaired) electrons. The monoisotopic (exact) mass is 153 g/mol. The van der Waals surface area contributed by atoms with Crippen LogP contribution in [0.3, 0.4) is 0 Å². The van der Waals surface area contributed by atoms with Crippen LogP contribution in [0.1, 0.15) is 20.3 Å². The van der Waals surface area contributed by atoms with Gasteiger partial charge in [-0.25, -0.2) is 4.99 Å². The highest BCUT2D eigenvalue weighted by molar-refractivity contribution is 6.32. The van der Waals surface area contributed by atoms with E-state index in [4.69, 9.17) is 5.73 Å². The summed E-state index contributed by atoms with van der Waals surface area (Å²) in [6.45, 7) is 3.63. The van der Waals surface area contributed by atoms with E-state index < -0.39 is 11.6 Å². The number of nitrogens with two attached hydrogens (primary N) is 1. The lowest BCUT2D eigenvalue weighted by atomic mass is 10.1. The number of hydrogen-bond acceptors (Lipinski definition) is 3. The maximum absolute atomic E-state index is 10.9. The summed E-state index contributed by atoms with van der Waals surface area (Å²) in [5.41, 5.74) is 4.90. The average Bonchev–Trinajstić information content (AvgIpc) is 2.33. The van der Waals surface area contributed by atoms with Crippen LogP contribution in [0.5, 0.6) is 0 Å². The third kappa shape index (κ3) is 1.15. The van der Waals surface area contributed by atoms with Gasteiger partial charge in [-0.3, -0.25) is 9.79 Å². The molecule has 1 amide bonds. The van der Waals surface area contributed by atoms with Gasteiger partial charge in [0.05, 0.1) is 5.71 Å². The summed E-state index contributed by atoms with van der Waals surface area (Å²) in [5.74, 6) is -0.479. The van der Waals surface area contributed by atoms with Crippen molar-refractivity contribution in [1.29, 1.82) is 0 Å². The molecule has 11 heavy (non-hydrogen) atoms. The van der Waals surface area contributed by atoms with E-state index in [2.05, 4.69) is 9.98 Å². The van der Waals surface area contributed by atoms with Crippen LogP contribution in [0, 0.1) is 0 Å². The third-order valence-electron chi connectivity index (χ3n) is 1.71. The van der Waals surface area contributed by atoms with Crippen LogP contribution in [0.15, 0.2) is 9.98 Å². The molecule has 0 fully saturated rings. The molecule has 2 N–H and O–H groups in total. The topological polar surface area (TPSA) is 67.8 Å². The molecule has 1 rings (SSSR count). The fourth-order valence-corrected chi connectivity index (χ4v) is 1.01. The summed E-state index contributed by atoms with van der Waals surface area (Å²) >= 11 is 0. The molecule has 1 unspecified atom stereocenters. The van der Waals surface area contributed by atoms with Gasteiger partial charge in [-0.1, -0.05) is 6.92 Å². The van der Waals surface area contributed by atoms with Crippen molar-refractivity contribution >= 4 is 17.8 Å². The molecular weight excluding hydrogens is 142 g/mol. The number of carbonyl (C=O) groups excluding carboxylic acids is 1. The molecule has 1 atom stereocenters. The summed E-state index contributed by atoms with van der Waals surface area (Å²) in [6.07, 6.45) is 2.10. The fourth-order valence-electron chi connectivity index (χ4n) is 1.01. The van der Waals surface area contributed by atoms with Gasteiger partial charge in [0.15, 0.2) is 0 Å². The molecule has 4 nitrogen and oxygen atoms in total. The molecule has 0 aromatic rings. The Bertz CT molecular complexity index is 244. The summed E-state index contributed by atoms with van der Waals surface area (Å²) in [4.78, 5) is 18.9. The summed E-state index contributed by atoms with van der Waals surface area (Å²) < 4.78 is 0. The fraction of sp³-hybridized carbons (Fsp3) is 0.571. The molecule has 1 aliphatic rings. The third-order valence-corrected chi connectivity index (χ3v) is 1.71. The Kier molecular flexibility index (Phi) is 1.76. The molecular formula is C7H11N3O. The minimum atomic E-state index is -0.996. The maximum atomic E-state index is 10.9. The second-order valence-corrected chi connectivity index (χ2v) is 2.55. The lowest BCUT2D eigenvalue weighted by molar-refractivity contribution is -0.122. The molecule has 4 heteroatoms. The highest BCUT2D eigenvalue weighted by atomic mass is 16.2. The van der Waals surface area contributed by atoms with Crippen molar-refractivity contribution < 1.29 is 4.79 Å².